The summed E-state index contributed by atoms with van der Waals surface area (Å²) in [7, 11) is 0. The van der Waals surface area contributed by atoms with Gasteiger partial charge in [0, 0.05) is 49.3 Å². The highest BCUT2D eigenvalue weighted by molar-refractivity contribution is 5.80. The van der Waals surface area contributed by atoms with E-state index in [0.717, 1.165) is 33.5 Å². The zero-order valence-electron chi connectivity index (χ0n) is 14.0. The number of nitrogens with zero attached hydrogens (tertiary/aromatic N) is 2. The Kier molecular flexibility index (Phi) is 3.35. The fourth-order valence-electron chi connectivity index (χ4n) is 3.12. The van der Waals surface area contributed by atoms with Crippen molar-refractivity contribution >= 4 is 10.9 Å². The number of pyridine rings is 1. The van der Waals surface area contributed by atoms with Crippen LogP contribution in [0.15, 0.2) is 36.7 Å². The van der Waals surface area contributed by atoms with Gasteiger partial charge in [0.15, 0.2) is 0 Å². The number of hydrogen-bond donors (Lipinski definition) is 0. The second-order valence-electron chi connectivity index (χ2n) is 6.61. The summed E-state index contributed by atoms with van der Waals surface area (Å²) in [5.41, 5.74) is 3.94. The summed E-state index contributed by atoms with van der Waals surface area (Å²) in [5, 5.41) is 0.887. The quantitative estimate of drug-likeness (QED) is 0.709. The molecule has 3 aromatic rings. The maximum atomic E-state index is 13.4. The lowest BCUT2D eigenvalue weighted by molar-refractivity contribution is -0.180. The highest BCUT2D eigenvalue weighted by Gasteiger charge is 2.30. The second kappa shape index (κ2) is 5.31. The van der Waals surface area contributed by atoms with E-state index in [4.69, 9.17) is 9.47 Å². The van der Waals surface area contributed by atoms with Gasteiger partial charge < -0.3 is 14.0 Å². The molecular weight excluding hydrogens is 307 g/mol. The number of fused-ring (bicyclic) bond motifs is 2. The van der Waals surface area contributed by atoms with E-state index < -0.39 is 5.79 Å². The molecule has 2 aromatic heterocycles. The molecule has 0 spiro atoms. The summed E-state index contributed by atoms with van der Waals surface area (Å²) in [6.07, 6.45) is 3.83. The van der Waals surface area contributed by atoms with E-state index in [1.807, 2.05) is 39.2 Å². The molecule has 0 saturated carbocycles. The highest BCUT2D eigenvalue weighted by atomic mass is 19.1. The zero-order chi connectivity index (χ0) is 16.9. The van der Waals surface area contributed by atoms with Crippen molar-refractivity contribution in [2.75, 3.05) is 0 Å². The minimum absolute atomic E-state index is 0.223. The number of rotatable bonds is 2. The molecule has 0 saturated heterocycles. The fraction of sp³-hybridized carbons (Fsp3) is 0.316. The summed E-state index contributed by atoms with van der Waals surface area (Å²) in [5.74, 6) is -0.0552. The molecular formula is C19H19FN2O2. The highest BCUT2D eigenvalue weighted by Crippen LogP contribution is 2.35. The van der Waals surface area contributed by atoms with Gasteiger partial charge >= 0.3 is 0 Å². The van der Waals surface area contributed by atoms with Crippen molar-refractivity contribution in [2.24, 2.45) is 0 Å². The van der Waals surface area contributed by atoms with Crippen LogP contribution < -0.4 is 4.74 Å². The minimum atomic E-state index is -0.643. The van der Waals surface area contributed by atoms with Crippen LogP contribution >= 0.6 is 0 Å². The van der Waals surface area contributed by atoms with Gasteiger partial charge in [-0.15, -0.1) is 0 Å². The SMILES string of the molecule is Cc1ncc(Cn2ccc3cc(F)ccc32)c2c1OC(C)(C)OC2. The third-order valence-electron chi connectivity index (χ3n) is 4.39. The number of hydrogen-bond acceptors (Lipinski definition) is 3. The molecule has 5 heteroatoms. The third-order valence-corrected chi connectivity index (χ3v) is 4.39. The lowest BCUT2D eigenvalue weighted by atomic mass is 10.1. The molecule has 0 N–H and O–H groups in total. The Morgan fingerprint density at radius 3 is 2.96 bits per heavy atom. The lowest BCUT2D eigenvalue weighted by Gasteiger charge is -2.34. The first-order chi connectivity index (χ1) is 11.4. The van der Waals surface area contributed by atoms with Gasteiger partial charge in [0.1, 0.15) is 11.6 Å². The number of benzene rings is 1. The number of aryl methyl sites for hydroxylation is 1. The van der Waals surface area contributed by atoms with Gasteiger partial charge in [-0.05, 0) is 36.8 Å². The summed E-state index contributed by atoms with van der Waals surface area (Å²) >= 11 is 0. The van der Waals surface area contributed by atoms with Crippen LogP contribution in [0.5, 0.6) is 5.75 Å². The largest absolute Gasteiger partial charge is 0.461 e. The molecule has 4 rings (SSSR count). The fourth-order valence-corrected chi connectivity index (χ4v) is 3.12. The van der Waals surface area contributed by atoms with E-state index >= 15 is 0 Å². The van der Waals surface area contributed by atoms with Gasteiger partial charge in [0.25, 0.3) is 0 Å². The number of aromatic nitrogens is 2. The van der Waals surface area contributed by atoms with Crippen LogP contribution in [0.25, 0.3) is 10.9 Å². The summed E-state index contributed by atoms with van der Waals surface area (Å²) < 4.78 is 27.2. The molecule has 3 heterocycles. The molecule has 0 unspecified atom stereocenters. The van der Waals surface area contributed by atoms with E-state index in [0.29, 0.717) is 13.2 Å². The standard InChI is InChI=1S/C19H19FN2O2/c1-12-18-16(11-23-19(2,3)24-18)14(9-21-12)10-22-7-6-13-8-15(20)4-5-17(13)22/h4-9H,10-11H2,1-3H3. The molecule has 0 atom stereocenters. The molecule has 0 fully saturated rings. The zero-order valence-corrected chi connectivity index (χ0v) is 14.0. The average molecular weight is 326 g/mol. The normalized spacial score (nSPS) is 16.0. The van der Waals surface area contributed by atoms with Crippen molar-refractivity contribution in [1.82, 2.24) is 9.55 Å². The van der Waals surface area contributed by atoms with Gasteiger partial charge in [-0.2, -0.15) is 0 Å². The molecule has 4 nitrogen and oxygen atoms in total. The van der Waals surface area contributed by atoms with E-state index in [-0.39, 0.29) is 5.82 Å². The predicted molar refractivity (Wildman–Crippen MR) is 89.5 cm³/mol. The van der Waals surface area contributed by atoms with Gasteiger partial charge in [-0.1, -0.05) is 0 Å². The molecule has 1 aliphatic rings. The van der Waals surface area contributed by atoms with Gasteiger partial charge in [-0.25, -0.2) is 4.39 Å². The van der Waals surface area contributed by atoms with Crippen LogP contribution in [0.1, 0.15) is 30.7 Å². The topological polar surface area (TPSA) is 36.3 Å². The van der Waals surface area contributed by atoms with E-state index in [1.54, 1.807) is 12.1 Å². The second-order valence-corrected chi connectivity index (χ2v) is 6.61. The Labute approximate surface area is 139 Å². The molecule has 24 heavy (non-hydrogen) atoms. The van der Waals surface area contributed by atoms with Crippen LogP contribution in [-0.4, -0.2) is 15.3 Å². The number of halogens is 1. The van der Waals surface area contributed by atoms with Crippen molar-refractivity contribution < 1.29 is 13.9 Å². The van der Waals surface area contributed by atoms with Crippen molar-refractivity contribution in [3.63, 3.8) is 0 Å². The van der Waals surface area contributed by atoms with Crippen molar-refractivity contribution in [2.45, 2.75) is 39.7 Å². The molecule has 1 aliphatic heterocycles. The molecule has 1 aromatic carbocycles. The Morgan fingerprint density at radius 1 is 1.29 bits per heavy atom. The first kappa shape index (κ1) is 15.1. The van der Waals surface area contributed by atoms with Gasteiger partial charge in [-0.3, -0.25) is 4.98 Å². The maximum Gasteiger partial charge on any atom is 0.205 e. The minimum Gasteiger partial charge on any atom is -0.461 e. The van der Waals surface area contributed by atoms with Crippen molar-refractivity contribution in [1.29, 1.82) is 0 Å². The average Bonchev–Trinajstić information content (AvgIpc) is 2.91. The molecule has 0 radical (unpaired) electrons. The van der Waals surface area contributed by atoms with E-state index in [9.17, 15) is 4.39 Å². The Morgan fingerprint density at radius 2 is 2.12 bits per heavy atom. The van der Waals surface area contributed by atoms with Crippen LogP contribution in [0, 0.1) is 12.7 Å². The molecule has 0 bridgehead atoms. The Balaban J connectivity index is 1.75. The van der Waals surface area contributed by atoms with Crippen LogP contribution in [-0.2, 0) is 17.9 Å². The summed E-state index contributed by atoms with van der Waals surface area (Å²) in [6.45, 7) is 6.87. The molecule has 124 valence electrons. The maximum absolute atomic E-state index is 13.4. The monoisotopic (exact) mass is 326 g/mol. The van der Waals surface area contributed by atoms with Gasteiger partial charge in [0.2, 0.25) is 5.79 Å². The van der Waals surface area contributed by atoms with Gasteiger partial charge in [0.05, 0.1) is 12.3 Å². The molecule has 0 aliphatic carbocycles. The van der Waals surface area contributed by atoms with E-state index in [1.165, 1.54) is 6.07 Å². The number of ether oxygens (including phenoxy) is 2. The summed E-state index contributed by atoms with van der Waals surface area (Å²) in [4.78, 5) is 4.48. The van der Waals surface area contributed by atoms with Crippen molar-refractivity contribution in [3.8, 4) is 5.75 Å². The Hall–Kier alpha value is -2.40. The lowest BCUT2D eigenvalue weighted by Crippen LogP contribution is -2.36. The first-order valence-electron chi connectivity index (χ1n) is 7.98. The predicted octanol–water partition coefficient (Wildman–Crippen LogP) is 4.18. The summed E-state index contributed by atoms with van der Waals surface area (Å²) in [6, 6.07) is 6.75. The Bertz CT molecular complexity index is 931. The van der Waals surface area contributed by atoms with Crippen LogP contribution in [0.4, 0.5) is 4.39 Å². The first-order valence-corrected chi connectivity index (χ1v) is 7.98. The van der Waals surface area contributed by atoms with E-state index in [2.05, 4.69) is 9.55 Å². The van der Waals surface area contributed by atoms with Crippen LogP contribution in [0.3, 0.4) is 0 Å². The molecule has 0 amide bonds. The smallest absolute Gasteiger partial charge is 0.205 e. The third kappa shape index (κ3) is 2.55. The van der Waals surface area contributed by atoms with Crippen LogP contribution in [0.2, 0.25) is 0 Å². The van der Waals surface area contributed by atoms with Crippen molar-refractivity contribution in [3.05, 3.63) is 59.3 Å².